The van der Waals surface area contributed by atoms with Crippen molar-refractivity contribution in [1.29, 1.82) is 0 Å². The lowest BCUT2D eigenvalue weighted by Crippen LogP contribution is -2.49. The Morgan fingerprint density at radius 1 is 1.24 bits per heavy atom. The molecule has 25 heavy (non-hydrogen) atoms. The molecule has 4 atom stereocenters. The van der Waals surface area contributed by atoms with Crippen molar-refractivity contribution in [2.24, 2.45) is 16.5 Å². The Bertz CT molecular complexity index is 589. The van der Waals surface area contributed by atoms with E-state index in [1.807, 2.05) is 20.3 Å². The van der Waals surface area contributed by atoms with Crippen LogP contribution < -0.4 is 0 Å². The van der Waals surface area contributed by atoms with Gasteiger partial charge in [0.05, 0.1) is 5.60 Å². The van der Waals surface area contributed by atoms with E-state index in [1.54, 1.807) is 0 Å². The maximum atomic E-state index is 11.4. The summed E-state index contributed by atoms with van der Waals surface area (Å²) >= 11 is 0. The molecule has 0 radical (unpaired) electrons. The van der Waals surface area contributed by atoms with E-state index in [1.165, 1.54) is 5.56 Å². The van der Waals surface area contributed by atoms with Crippen LogP contribution in [0.15, 0.2) is 35.5 Å². The lowest BCUT2D eigenvalue weighted by molar-refractivity contribution is -0.0959. The number of benzene rings is 1. The average Bonchev–Trinajstić information content (AvgIpc) is 2.86. The van der Waals surface area contributed by atoms with Gasteiger partial charge in [0.2, 0.25) is 0 Å². The molecule has 0 aromatic heterocycles. The van der Waals surface area contributed by atoms with Gasteiger partial charge in [-0.2, -0.15) is 0 Å². The topological polar surface area (TPSA) is 45.1 Å². The number of oxime groups is 1. The molecule has 4 heteroatoms. The highest BCUT2D eigenvalue weighted by molar-refractivity contribution is 5.62. The summed E-state index contributed by atoms with van der Waals surface area (Å²) in [6, 6.07) is 10.7. The summed E-state index contributed by atoms with van der Waals surface area (Å²) in [6.45, 7) is 3.72. The zero-order valence-corrected chi connectivity index (χ0v) is 15.8. The highest BCUT2D eigenvalue weighted by Crippen LogP contribution is 2.60. The Kier molecular flexibility index (Phi) is 5.49. The second-order valence-corrected chi connectivity index (χ2v) is 8.34. The van der Waals surface area contributed by atoms with Crippen LogP contribution in [0.2, 0.25) is 0 Å². The van der Waals surface area contributed by atoms with Crippen LogP contribution in [-0.4, -0.2) is 49.1 Å². The zero-order chi connectivity index (χ0) is 17.9. The average molecular weight is 344 g/mol. The molecule has 2 aliphatic carbocycles. The van der Waals surface area contributed by atoms with Gasteiger partial charge in [-0.15, -0.1) is 0 Å². The van der Waals surface area contributed by atoms with Crippen molar-refractivity contribution in [3.05, 3.63) is 35.9 Å². The van der Waals surface area contributed by atoms with Crippen LogP contribution in [0.5, 0.6) is 0 Å². The predicted molar refractivity (Wildman–Crippen MR) is 102 cm³/mol. The zero-order valence-electron chi connectivity index (χ0n) is 15.8. The Labute approximate surface area is 151 Å². The Balaban J connectivity index is 1.63. The smallest absolute Gasteiger partial charge is 0.129 e. The monoisotopic (exact) mass is 344 g/mol. The fourth-order valence-corrected chi connectivity index (χ4v) is 4.72. The molecular weight excluding hydrogens is 312 g/mol. The largest absolute Gasteiger partial charge is 0.395 e. The Morgan fingerprint density at radius 2 is 2.00 bits per heavy atom. The first-order valence-corrected chi connectivity index (χ1v) is 9.52. The summed E-state index contributed by atoms with van der Waals surface area (Å²) in [5.74, 6) is 0.764. The number of hydrogen-bond donors (Lipinski definition) is 1. The molecular formula is C21H32N2O2. The molecule has 0 unspecified atom stereocenters. The quantitative estimate of drug-likeness (QED) is 0.486. The first-order valence-electron chi connectivity index (χ1n) is 9.52. The summed E-state index contributed by atoms with van der Waals surface area (Å²) in [6.07, 6.45) is 6.85. The molecule has 0 amide bonds. The molecule has 0 heterocycles. The molecule has 1 N–H and O–H groups in total. The van der Waals surface area contributed by atoms with Crippen molar-refractivity contribution in [3.63, 3.8) is 0 Å². The van der Waals surface area contributed by atoms with E-state index in [2.05, 4.69) is 47.3 Å². The van der Waals surface area contributed by atoms with Crippen molar-refractivity contribution in [3.8, 4) is 0 Å². The molecule has 3 rings (SSSR count). The second-order valence-electron chi connectivity index (χ2n) is 8.34. The van der Waals surface area contributed by atoms with Gasteiger partial charge < -0.3 is 14.8 Å². The maximum absolute atomic E-state index is 11.4. The van der Waals surface area contributed by atoms with E-state index in [9.17, 15) is 5.11 Å². The summed E-state index contributed by atoms with van der Waals surface area (Å²) in [5.41, 5.74) is 0.681. The minimum Gasteiger partial charge on any atom is -0.395 e. The van der Waals surface area contributed by atoms with Gasteiger partial charge in [-0.1, -0.05) is 42.4 Å². The predicted octanol–water partition coefficient (Wildman–Crippen LogP) is 3.67. The van der Waals surface area contributed by atoms with Crippen molar-refractivity contribution in [1.82, 2.24) is 4.90 Å². The number of rotatable bonds is 6. The van der Waals surface area contributed by atoms with Crippen molar-refractivity contribution >= 4 is 6.21 Å². The first kappa shape index (κ1) is 18.4. The van der Waals surface area contributed by atoms with E-state index in [0.29, 0.717) is 18.4 Å². The molecule has 2 saturated carbocycles. The molecule has 0 bridgehead atoms. The lowest BCUT2D eigenvalue weighted by atomic mass is 9.59. The Hall–Kier alpha value is -1.39. The number of nitrogens with zero attached hydrogens (tertiary/aromatic N) is 2. The molecule has 0 saturated heterocycles. The van der Waals surface area contributed by atoms with Crippen LogP contribution in [-0.2, 0) is 4.84 Å². The summed E-state index contributed by atoms with van der Waals surface area (Å²) in [7, 11) is 4.05. The van der Waals surface area contributed by atoms with Crippen molar-refractivity contribution in [2.45, 2.75) is 50.5 Å². The molecule has 2 fully saturated rings. The van der Waals surface area contributed by atoms with Crippen LogP contribution >= 0.6 is 0 Å². The molecule has 1 aromatic rings. The third kappa shape index (κ3) is 3.75. The summed E-state index contributed by atoms with van der Waals surface area (Å²) < 4.78 is 0. The third-order valence-corrected chi connectivity index (χ3v) is 6.56. The highest BCUT2D eigenvalue weighted by Gasteiger charge is 2.58. The highest BCUT2D eigenvalue weighted by atomic mass is 16.6. The van der Waals surface area contributed by atoms with Gasteiger partial charge in [-0.25, -0.2) is 0 Å². The normalized spacial score (nSPS) is 35.2. The summed E-state index contributed by atoms with van der Waals surface area (Å²) in [4.78, 5) is 7.48. The van der Waals surface area contributed by atoms with Gasteiger partial charge >= 0.3 is 0 Å². The third-order valence-electron chi connectivity index (χ3n) is 6.56. The Morgan fingerprint density at radius 3 is 2.72 bits per heavy atom. The number of fused-ring (bicyclic) bond motifs is 1. The number of aliphatic hydroxyl groups is 1. The van der Waals surface area contributed by atoms with Crippen molar-refractivity contribution < 1.29 is 9.94 Å². The van der Waals surface area contributed by atoms with E-state index < -0.39 is 5.60 Å². The fraction of sp³-hybridized carbons (Fsp3) is 0.667. The van der Waals surface area contributed by atoms with Crippen LogP contribution in [0.4, 0.5) is 0 Å². The van der Waals surface area contributed by atoms with Crippen LogP contribution in [0.1, 0.15) is 50.5 Å². The van der Waals surface area contributed by atoms with E-state index in [4.69, 9.17) is 4.84 Å². The first-order chi connectivity index (χ1) is 11.9. The SMILES string of the molecule is CN(C)CCO/N=C/[C@H]1CC[C@]2(O)C[C@H](c3ccccc3)CC[C@]12C. The second kappa shape index (κ2) is 7.46. The minimum absolute atomic E-state index is 0.0906. The molecule has 0 aliphatic heterocycles. The molecule has 2 aliphatic rings. The molecule has 4 nitrogen and oxygen atoms in total. The van der Waals surface area contributed by atoms with E-state index in [-0.39, 0.29) is 5.41 Å². The van der Waals surface area contributed by atoms with Gasteiger partial charge in [0.25, 0.3) is 0 Å². The van der Waals surface area contributed by atoms with Gasteiger partial charge in [0.1, 0.15) is 6.61 Å². The van der Waals surface area contributed by atoms with Crippen LogP contribution in [0.3, 0.4) is 0 Å². The van der Waals surface area contributed by atoms with Gasteiger partial charge in [-0.3, -0.25) is 0 Å². The number of hydrogen-bond acceptors (Lipinski definition) is 4. The molecule has 0 spiro atoms. The van der Waals surface area contributed by atoms with Gasteiger partial charge in [0.15, 0.2) is 0 Å². The van der Waals surface area contributed by atoms with Crippen LogP contribution in [0.25, 0.3) is 0 Å². The molecule has 138 valence electrons. The van der Waals surface area contributed by atoms with E-state index in [0.717, 1.165) is 38.6 Å². The van der Waals surface area contributed by atoms with Gasteiger partial charge in [-0.05, 0) is 57.7 Å². The van der Waals surface area contributed by atoms with Gasteiger partial charge in [0, 0.05) is 24.1 Å². The standard InChI is InChI=1S/C21H32N2O2/c1-20-11-9-18(17-7-5-4-6-8-17)15-21(20,24)12-10-19(20)16-22-25-14-13-23(2)3/h4-8,16,18-19,24H,9-15H2,1-3H3/b22-16+/t18-,19-,20-,21+/m1/s1. The maximum Gasteiger partial charge on any atom is 0.129 e. The number of likely N-dealkylation sites (N-methyl/N-ethyl adjacent to an activating group) is 1. The minimum atomic E-state index is -0.591. The van der Waals surface area contributed by atoms with Crippen molar-refractivity contribution in [2.75, 3.05) is 27.2 Å². The lowest BCUT2D eigenvalue weighted by Gasteiger charge is -2.48. The fourth-order valence-electron chi connectivity index (χ4n) is 4.72. The van der Waals surface area contributed by atoms with E-state index >= 15 is 0 Å². The summed E-state index contributed by atoms with van der Waals surface area (Å²) in [5, 5.41) is 15.6. The van der Waals surface area contributed by atoms with Crippen LogP contribution in [0, 0.1) is 11.3 Å². The molecule has 1 aromatic carbocycles.